The van der Waals surface area contributed by atoms with Crippen molar-refractivity contribution in [3.05, 3.63) is 24.0 Å². The SMILES string of the molecule is COC(=O)C1CN(C(=O)c2cccn2C2CCC2)CCO1. The van der Waals surface area contributed by atoms with Crippen molar-refractivity contribution in [3.8, 4) is 0 Å². The number of hydrogen-bond donors (Lipinski definition) is 0. The molecule has 0 bridgehead atoms. The van der Waals surface area contributed by atoms with Crippen LogP contribution in [0.1, 0.15) is 35.8 Å². The largest absolute Gasteiger partial charge is 0.467 e. The van der Waals surface area contributed by atoms with Gasteiger partial charge in [-0.2, -0.15) is 0 Å². The summed E-state index contributed by atoms with van der Waals surface area (Å²) in [6, 6.07) is 4.20. The van der Waals surface area contributed by atoms with Gasteiger partial charge in [-0.05, 0) is 31.4 Å². The fourth-order valence-corrected chi connectivity index (χ4v) is 2.83. The summed E-state index contributed by atoms with van der Waals surface area (Å²) in [6.07, 6.45) is 4.76. The summed E-state index contributed by atoms with van der Waals surface area (Å²) >= 11 is 0. The van der Waals surface area contributed by atoms with Gasteiger partial charge < -0.3 is 18.9 Å². The Morgan fingerprint density at radius 2 is 2.19 bits per heavy atom. The Labute approximate surface area is 123 Å². The van der Waals surface area contributed by atoms with Gasteiger partial charge in [0.15, 0.2) is 6.10 Å². The van der Waals surface area contributed by atoms with Crippen molar-refractivity contribution in [1.82, 2.24) is 9.47 Å². The first-order chi connectivity index (χ1) is 10.2. The van der Waals surface area contributed by atoms with Crippen molar-refractivity contribution in [1.29, 1.82) is 0 Å². The van der Waals surface area contributed by atoms with Gasteiger partial charge in [-0.3, -0.25) is 4.79 Å². The molecule has 2 aliphatic rings. The van der Waals surface area contributed by atoms with E-state index < -0.39 is 12.1 Å². The van der Waals surface area contributed by atoms with Gasteiger partial charge in [0.05, 0.1) is 20.3 Å². The topological polar surface area (TPSA) is 60.8 Å². The molecule has 114 valence electrons. The maximum atomic E-state index is 12.7. The molecule has 1 aromatic heterocycles. The van der Waals surface area contributed by atoms with Crippen molar-refractivity contribution < 1.29 is 19.1 Å². The molecule has 2 heterocycles. The summed E-state index contributed by atoms with van der Waals surface area (Å²) in [6.45, 7) is 1.11. The van der Waals surface area contributed by atoms with Crippen LogP contribution in [0.4, 0.5) is 0 Å². The van der Waals surface area contributed by atoms with Gasteiger partial charge in [-0.15, -0.1) is 0 Å². The molecule has 0 aromatic carbocycles. The van der Waals surface area contributed by atoms with Gasteiger partial charge in [0.25, 0.3) is 5.91 Å². The van der Waals surface area contributed by atoms with Crippen molar-refractivity contribution in [2.75, 3.05) is 26.8 Å². The lowest BCUT2D eigenvalue weighted by Gasteiger charge is -2.33. The van der Waals surface area contributed by atoms with Gasteiger partial charge in [0.1, 0.15) is 5.69 Å². The van der Waals surface area contributed by atoms with E-state index in [1.54, 1.807) is 4.90 Å². The van der Waals surface area contributed by atoms with Crippen LogP contribution in [0, 0.1) is 0 Å². The van der Waals surface area contributed by atoms with Crippen LogP contribution in [0.2, 0.25) is 0 Å². The average molecular weight is 292 g/mol. The van der Waals surface area contributed by atoms with E-state index in [0.29, 0.717) is 24.9 Å². The van der Waals surface area contributed by atoms with E-state index in [4.69, 9.17) is 4.74 Å². The normalized spacial score (nSPS) is 22.7. The van der Waals surface area contributed by atoms with Gasteiger partial charge in [0, 0.05) is 18.8 Å². The van der Waals surface area contributed by atoms with Crippen LogP contribution in [0.15, 0.2) is 18.3 Å². The van der Waals surface area contributed by atoms with E-state index in [-0.39, 0.29) is 12.5 Å². The smallest absolute Gasteiger partial charge is 0.336 e. The number of amides is 1. The highest BCUT2D eigenvalue weighted by molar-refractivity contribution is 5.93. The van der Waals surface area contributed by atoms with Gasteiger partial charge in [0.2, 0.25) is 0 Å². The molecule has 1 aliphatic heterocycles. The molecule has 6 nitrogen and oxygen atoms in total. The first kappa shape index (κ1) is 14.1. The van der Waals surface area contributed by atoms with E-state index in [0.717, 1.165) is 12.8 Å². The quantitative estimate of drug-likeness (QED) is 0.786. The Morgan fingerprint density at radius 1 is 1.38 bits per heavy atom. The maximum absolute atomic E-state index is 12.7. The molecule has 1 atom stereocenters. The lowest BCUT2D eigenvalue weighted by atomic mass is 9.93. The van der Waals surface area contributed by atoms with Gasteiger partial charge in [-0.1, -0.05) is 0 Å². The summed E-state index contributed by atoms with van der Waals surface area (Å²) in [5.74, 6) is -0.467. The van der Waals surface area contributed by atoms with Crippen molar-refractivity contribution >= 4 is 11.9 Å². The number of methoxy groups -OCH3 is 1. The third-order valence-corrected chi connectivity index (χ3v) is 4.28. The molecule has 3 rings (SSSR count). The summed E-state index contributed by atoms with van der Waals surface area (Å²) in [5.41, 5.74) is 0.699. The molecule has 6 heteroatoms. The van der Waals surface area contributed by atoms with E-state index in [1.165, 1.54) is 13.5 Å². The predicted octanol–water partition coefficient (Wildman–Crippen LogP) is 1.23. The van der Waals surface area contributed by atoms with Crippen molar-refractivity contribution in [2.24, 2.45) is 0 Å². The molecule has 1 amide bonds. The summed E-state index contributed by atoms with van der Waals surface area (Å²) in [7, 11) is 1.33. The Morgan fingerprint density at radius 3 is 2.86 bits per heavy atom. The highest BCUT2D eigenvalue weighted by Crippen LogP contribution is 2.33. The van der Waals surface area contributed by atoms with Crippen LogP contribution < -0.4 is 0 Å². The second-order valence-corrected chi connectivity index (χ2v) is 5.52. The Hall–Kier alpha value is -1.82. The first-order valence-corrected chi connectivity index (χ1v) is 7.36. The summed E-state index contributed by atoms with van der Waals surface area (Å²) in [4.78, 5) is 25.9. The van der Waals surface area contributed by atoms with Crippen molar-refractivity contribution in [3.63, 3.8) is 0 Å². The first-order valence-electron chi connectivity index (χ1n) is 7.36. The molecule has 0 spiro atoms. The highest BCUT2D eigenvalue weighted by atomic mass is 16.6. The number of esters is 1. The average Bonchev–Trinajstić information content (AvgIpc) is 2.93. The molecule has 0 radical (unpaired) electrons. The third kappa shape index (κ3) is 2.68. The molecule has 1 aromatic rings. The Kier molecular flexibility index (Phi) is 3.96. The zero-order valence-corrected chi connectivity index (χ0v) is 12.2. The van der Waals surface area contributed by atoms with Crippen LogP contribution in [0.3, 0.4) is 0 Å². The monoisotopic (exact) mass is 292 g/mol. The highest BCUT2D eigenvalue weighted by Gasteiger charge is 2.32. The Bertz CT molecular complexity index is 536. The van der Waals surface area contributed by atoms with E-state index in [1.807, 2.05) is 18.3 Å². The molecule has 1 saturated carbocycles. The molecule has 21 heavy (non-hydrogen) atoms. The lowest BCUT2D eigenvalue weighted by molar-refractivity contribution is -0.158. The molecule has 1 saturated heterocycles. The molecule has 0 N–H and O–H groups in total. The zero-order chi connectivity index (χ0) is 14.8. The summed E-state index contributed by atoms with van der Waals surface area (Å²) < 4.78 is 12.1. The van der Waals surface area contributed by atoms with Gasteiger partial charge in [-0.25, -0.2) is 4.79 Å². The third-order valence-electron chi connectivity index (χ3n) is 4.28. The van der Waals surface area contributed by atoms with E-state index in [9.17, 15) is 9.59 Å². The summed E-state index contributed by atoms with van der Waals surface area (Å²) in [5, 5.41) is 0. The van der Waals surface area contributed by atoms with Crippen LogP contribution >= 0.6 is 0 Å². The fraction of sp³-hybridized carbons (Fsp3) is 0.600. The van der Waals surface area contributed by atoms with Crippen molar-refractivity contribution in [2.45, 2.75) is 31.4 Å². The minimum absolute atomic E-state index is 0.0379. The van der Waals surface area contributed by atoms with E-state index >= 15 is 0 Å². The Balaban J connectivity index is 1.72. The molecule has 1 aliphatic carbocycles. The van der Waals surface area contributed by atoms with E-state index in [2.05, 4.69) is 9.30 Å². The lowest BCUT2D eigenvalue weighted by Crippen LogP contribution is -2.49. The number of aromatic nitrogens is 1. The number of rotatable bonds is 3. The maximum Gasteiger partial charge on any atom is 0.336 e. The zero-order valence-electron chi connectivity index (χ0n) is 12.2. The molecule has 2 fully saturated rings. The number of morpholine rings is 1. The molecule has 1 unspecified atom stereocenters. The minimum atomic E-state index is -0.681. The second kappa shape index (κ2) is 5.89. The van der Waals surface area contributed by atoms with Crippen LogP contribution in [-0.2, 0) is 14.3 Å². The number of hydrogen-bond acceptors (Lipinski definition) is 4. The number of ether oxygens (including phenoxy) is 2. The molecular weight excluding hydrogens is 272 g/mol. The number of carbonyl (C=O) groups excluding carboxylic acids is 2. The molecular formula is C15H20N2O4. The standard InChI is InChI=1S/C15H20N2O4/c1-20-15(19)13-10-16(8-9-21-13)14(18)12-6-3-7-17(12)11-4-2-5-11/h3,6-7,11,13H,2,4-5,8-10H2,1H3. The van der Waals surface area contributed by atoms with Crippen LogP contribution in [0.25, 0.3) is 0 Å². The minimum Gasteiger partial charge on any atom is -0.467 e. The predicted molar refractivity (Wildman–Crippen MR) is 75.0 cm³/mol. The fourth-order valence-electron chi connectivity index (χ4n) is 2.83. The van der Waals surface area contributed by atoms with Crippen LogP contribution in [-0.4, -0.2) is 54.3 Å². The number of nitrogens with zero attached hydrogens (tertiary/aromatic N) is 2. The van der Waals surface area contributed by atoms with Gasteiger partial charge >= 0.3 is 5.97 Å². The second-order valence-electron chi connectivity index (χ2n) is 5.52. The number of carbonyl (C=O) groups is 2. The van der Waals surface area contributed by atoms with Crippen LogP contribution in [0.5, 0.6) is 0 Å².